The molecule has 17 heteroatoms. The largest absolute Gasteiger partial charge is 0.508 e. The SMILES string of the molecule is C[C@H]1OC(Oc2c(-c3ccc(O)c(O)c3)oc3cc(O)cc(O)c3c2=O)(O[C@H]2OC(CO)[C@@H](O)C(O)[C@@H]2O)[C@@H](O)[C@@H](O)[C@@H]1O. The van der Waals surface area contributed by atoms with Crippen molar-refractivity contribution < 1.29 is 79.5 Å². The van der Waals surface area contributed by atoms with Crippen LogP contribution in [-0.2, 0) is 14.2 Å². The fraction of sp³-hybridized carbons (Fsp3) is 0.444. The van der Waals surface area contributed by atoms with Gasteiger partial charge in [0.2, 0.25) is 11.2 Å². The molecule has 3 unspecified atom stereocenters. The summed E-state index contributed by atoms with van der Waals surface area (Å²) in [5.41, 5.74) is -1.73. The van der Waals surface area contributed by atoms with E-state index in [0.29, 0.717) is 0 Å². The highest BCUT2D eigenvalue weighted by Crippen LogP contribution is 2.42. The number of phenolic OH excluding ortho intramolecular Hbond substituents is 4. The van der Waals surface area contributed by atoms with Gasteiger partial charge < -0.3 is 74.8 Å². The van der Waals surface area contributed by atoms with Crippen molar-refractivity contribution in [3.63, 3.8) is 0 Å². The topological polar surface area (TPSA) is 290 Å². The standard InChI is InChI=1S/C27H30O17/c1-8-17(33)21(37)25(39)27(42-8,44-26-22(38)20(36)18(34)15(7-28)41-26)43-24-19(35)16-13(32)5-10(29)6-14(16)40-23(24)9-2-3-11(30)12(31)4-9/h2-6,8,15,17-18,20-22,25-26,28-34,36-39H,7H2,1H3/t8-,15?,17-,18-,20?,21+,22+,25+,26-,27?/m1/s1. The third-order valence-corrected chi connectivity index (χ3v) is 7.40. The van der Waals surface area contributed by atoms with Gasteiger partial charge in [-0.3, -0.25) is 9.53 Å². The highest BCUT2D eigenvalue weighted by Gasteiger charge is 2.60. The minimum Gasteiger partial charge on any atom is -0.508 e. The number of benzene rings is 2. The molecule has 17 nitrogen and oxygen atoms in total. The van der Waals surface area contributed by atoms with E-state index < -0.39 is 113 Å². The Morgan fingerprint density at radius 2 is 1.55 bits per heavy atom. The highest BCUT2D eigenvalue weighted by molar-refractivity contribution is 5.88. The predicted molar refractivity (Wildman–Crippen MR) is 141 cm³/mol. The molecule has 0 amide bonds. The first-order valence-electron chi connectivity index (χ1n) is 13.1. The molecule has 2 aliphatic heterocycles. The number of ether oxygens (including phenoxy) is 4. The van der Waals surface area contributed by atoms with Gasteiger partial charge in [0.25, 0.3) is 0 Å². The molecule has 3 heterocycles. The van der Waals surface area contributed by atoms with Crippen molar-refractivity contribution in [2.75, 3.05) is 6.61 Å². The van der Waals surface area contributed by atoms with Crippen LogP contribution in [0.25, 0.3) is 22.3 Å². The van der Waals surface area contributed by atoms with Gasteiger partial charge in [-0.2, -0.15) is 0 Å². The fourth-order valence-electron chi connectivity index (χ4n) is 4.96. The van der Waals surface area contributed by atoms with Gasteiger partial charge in [0.1, 0.15) is 59.1 Å². The number of phenols is 4. The number of fused-ring (bicyclic) bond motifs is 1. The number of aliphatic hydroxyl groups excluding tert-OH is 7. The van der Waals surface area contributed by atoms with E-state index in [1.54, 1.807) is 0 Å². The summed E-state index contributed by atoms with van der Waals surface area (Å²) in [5, 5.41) is 113. The second-order valence-corrected chi connectivity index (χ2v) is 10.4. The van der Waals surface area contributed by atoms with Crippen molar-refractivity contribution in [1.29, 1.82) is 0 Å². The van der Waals surface area contributed by atoms with Crippen LogP contribution >= 0.6 is 0 Å². The molecule has 2 fully saturated rings. The lowest BCUT2D eigenvalue weighted by Gasteiger charge is -2.49. The number of hydrogen-bond acceptors (Lipinski definition) is 17. The lowest BCUT2D eigenvalue weighted by atomic mass is 9.97. The maximum absolute atomic E-state index is 13.9. The minimum atomic E-state index is -3.10. The maximum atomic E-state index is 13.9. The molecular formula is C27H30O17. The van der Waals surface area contributed by atoms with Crippen LogP contribution in [0.3, 0.4) is 0 Å². The van der Waals surface area contributed by atoms with Gasteiger partial charge >= 0.3 is 5.97 Å². The van der Waals surface area contributed by atoms with Gasteiger partial charge in [0.05, 0.1) is 12.7 Å². The zero-order valence-electron chi connectivity index (χ0n) is 22.7. The smallest absolute Gasteiger partial charge is 0.360 e. The molecule has 3 aromatic rings. The van der Waals surface area contributed by atoms with Crippen molar-refractivity contribution in [3.05, 3.63) is 40.6 Å². The summed E-state index contributed by atoms with van der Waals surface area (Å²) in [6.07, 6.45) is -17.2. The zero-order valence-corrected chi connectivity index (χ0v) is 22.7. The van der Waals surface area contributed by atoms with Crippen LogP contribution in [0.4, 0.5) is 0 Å². The molecule has 0 radical (unpaired) electrons. The molecular weight excluding hydrogens is 596 g/mol. The molecule has 2 aromatic carbocycles. The fourth-order valence-corrected chi connectivity index (χ4v) is 4.96. The molecule has 5 rings (SSSR count). The van der Waals surface area contributed by atoms with Crippen LogP contribution < -0.4 is 10.2 Å². The van der Waals surface area contributed by atoms with E-state index in [2.05, 4.69) is 0 Å². The summed E-state index contributed by atoms with van der Waals surface area (Å²) in [6.45, 7) is 0.333. The Bertz CT molecular complexity index is 1590. The van der Waals surface area contributed by atoms with Gasteiger partial charge in [-0.15, -0.1) is 0 Å². The third-order valence-electron chi connectivity index (χ3n) is 7.40. The van der Waals surface area contributed by atoms with Crippen LogP contribution in [0.2, 0.25) is 0 Å². The van der Waals surface area contributed by atoms with Gasteiger partial charge in [-0.1, -0.05) is 0 Å². The number of hydrogen-bond donors (Lipinski definition) is 11. The molecule has 2 saturated heterocycles. The number of aromatic hydroxyl groups is 4. The van der Waals surface area contributed by atoms with Crippen LogP contribution in [0.15, 0.2) is 39.5 Å². The predicted octanol–water partition coefficient (Wildman–Crippen LogP) is -2.37. The second-order valence-electron chi connectivity index (χ2n) is 10.4. The van der Waals surface area contributed by atoms with E-state index in [-0.39, 0.29) is 11.1 Å². The molecule has 44 heavy (non-hydrogen) atoms. The molecule has 0 saturated carbocycles. The van der Waals surface area contributed by atoms with Gasteiger partial charge in [-0.25, -0.2) is 0 Å². The first-order valence-corrected chi connectivity index (χ1v) is 13.1. The summed E-state index contributed by atoms with van der Waals surface area (Å²) in [5.74, 6) is -7.12. The van der Waals surface area contributed by atoms with E-state index in [9.17, 15) is 61.0 Å². The van der Waals surface area contributed by atoms with Crippen molar-refractivity contribution in [3.8, 4) is 40.1 Å². The summed E-state index contributed by atoms with van der Waals surface area (Å²) in [7, 11) is 0. The van der Waals surface area contributed by atoms with E-state index in [4.69, 9.17) is 23.4 Å². The molecule has 0 bridgehead atoms. The Labute approximate surface area is 246 Å². The van der Waals surface area contributed by atoms with Crippen molar-refractivity contribution in [1.82, 2.24) is 0 Å². The van der Waals surface area contributed by atoms with Crippen LogP contribution in [0.5, 0.6) is 28.7 Å². The molecule has 0 aliphatic carbocycles. The highest BCUT2D eigenvalue weighted by atomic mass is 16.9. The van der Waals surface area contributed by atoms with Crippen molar-refractivity contribution in [2.24, 2.45) is 0 Å². The van der Waals surface area contributed by atoms with Gasteiger partial charge in [0.15, 0.2) is 29.7 Å². The van der Waals surface area contributed by atoms with E-state index in [1.165, 1.54) is 13.0 Å². The molecule has 11 N–H and O–H groups in total. The summed E-state index contributed by atoms with van der Waals surface area (Å²) < 4.78 is 28.2. The lowest BCUT2D eigenvalue weighted by Crippen LogP contribution is -2.70. The molecule has 10 atom stereocenters. The van der Waals surface area contributed by atoms with E-state index >= 15 is 0 Å². The summed E-state index contributed by atoms with van der Waals surface area (Å²) in [4.78, 5) is 13.9. The molecule has 0 spiro atoms. The van der Waals surface area contributed by atoms with Crippen molar-refractivity contribution >= 4 is 11.0 Å². The average molecular weight is 627 g/mol. The quantitative estimate of drug-likeness (QED) is 0.101. The normalized spacial score (nSPS) is 34.2. The number of rotatable bonds is 6. The average Bonchev–Trinajstić information content (AvgIpc) is 2.97. The first kappa shape index (κ1) is 31.7. The van der Waals surface area contributed by atoms with E-state index in [0.717, 1.165) is 24.3 Å². The zero-order chi connectivity index (χ0) is 32.2. The number of aliphatic hydroxyl groups is 7. The van der Waals surface area contributed by atoms with Crippen LogP contribution in [-0.4, -0.2) is 124 Å². The van der Waals surface area contributed by atoms with Crippen molar-refractivity contribution in [2.45, 2.75) is 68.0 Å². The minimum absolute atomic E-state index is 0.154. The Hall–Kier alpha value is -3.75. The maximum Gasteiger partial charge on any atom is 0.360 e. The summed E-state index contributed by atoms with van der Waals surface area (Å²) in [6, 6.07) is 4.91. The lowest BCUT2D eigenvalue weighted by molar-refractivity contribution is -0.475. The van der Waals surface area contributed by atoms with Crippen LogP contribution in [0.1, 0.15) is 6.92 Å². The van der Waals surface area contributed by atoms with Crippen LogP contribution in [0, 0.1) is 0 Å². The second kappa shape index (κ2) is 11.6. The molecule has 1 aromatic heterocycles. The van der Waals surface area contributed by atoms with Gasteiger partial charge in [0, 0.05) is 17.7 Å². The van der Waals surface area contributed by atoms with E-state index in [1.807, 2.05) is 0 Å². The summed E-state index contributed by atoms with van der Waals surface area (Å²) >= 11 is 0. The third kappa shape index (κ3) is 5.28. The Balaban J connectivity index is 1.72. The Kier molecular flexibility index (Phi) is 8.37. The van der Waals surface area contributed by atoms with Gasteiger partial charge in [-0.05, 0) is 25.1 Å². The Morgan fingerprint density at radius 3 is 2.20 bits per heavy atom. The monoisotopic (exact) mass is 626 g/mol. The molecule has 2 aliphatic rings. The first-order chi connectivity index (χ1) is 20.7. The molecule has 240 valence electrons. The Morgan fingerprint density at radius 1 is 0.841 bits per heavy atom.